The van der Waals surface area contributed by atoms with Crippen molar-refractivity contribution in [3.63, 3.8) is 0 Å². The first kappa shape index (κ1) is 15.9. The Morgan fingerprint density at radius 2 is 2.29 bits per heavy atom. The van der Waals surface area contributed by atoms with E-state index in [1.165, 1.54) is 0 Å². The first-order chi connectivity index (χ1) is 9.99. The fourth-order valence-electron chi connectivity index (χ4n) is 2.75. The SMILES string of the molecule is CO[C@@H]1CN(CCC(=O)NC(C)C)C[C@H]1c1cn(C)nn1. The van der Waals surface area contributed by atoms with Crippen LogP contribution in [0.15, 0.2) is 6.20 Å². The molecule has 0 radical (unpaired) electrons. The van der Waals surface area contributed by atoms with Gasteiger partial charge in [-0.05, 0) is 13.8 Å². The summed E-state index contributed by atoms with van der Waals surface area (Å²) in [6, 6.07) is 0.190. The second kappa shape index (κ2) is 7.00. The molecule has 1 aromatic heterocycles. The number of hydrogen-bond donors (Lipinski definition) is 1. The van der Waals surface area contributed by atoms with Gasteiger partial charge in [-0.1, -0.05) is 5.21 Å². The van der Waals surface area contributed by atoms with Crippen molar-refractivity contribution in [2.45, 2.75) is 38.3 Å². The van der Waals surface area contributed by atoms with Gasteiger partial charge in [0.05, 0.1) is 11.8 Å². The van der Waals surface area contributed by atoms with Crippen LogP contribution in [0.5, 0.6) is 0 Å². The molecule has 0 bridgehead atoms. The fraction of sp³-hybridized carbons (Fsp3) is 0.786. The van der Waals surface area contributed by atoms with Gasteiger partial charge in [0.15, 0.2) is 0 Å². The number of likely N-dealkylation sites (tertiary alicyclic amines) is 1. The number of ether oxygens (including phenoxy) is 1. The lowest BCUT2D eigenvalue weighted by Crippen LogP contribution is -2.33. The van der Waals surface area contributed by atoms with Crippen LogP contribution >= 0.6 is 0 Å². The standard InChI is InChI=1S/C14H25N5O2/c1-10(2)15-14(20)5-6-19-7-11(13(9-19)21-4)12-8-18(3)17-16-12/h8,10-11,13H,5-7,9H2,1-4H3,(H,15,20)/t11-,13+/m0/s1. The highest BCUT2D eigenvalue weighted by atomic mass is 16.5. The Labute approximate surface area is 125 Å². The molecule has 7 heteroatoms. The summed E-state index contributed by atoms with van der Waals surface area (Å²) in [5.74, 6) is 0.318. The molecule has 1 fully saturated rings. The molecule has 2 atom stereocenters. The summed E-state index contributed by atoms with van der Waals surface area (Å²) in [5.41, 5.74) is 0.957. The van der Waals surface area contributed by atoms with Gasteiger partial charge < -0.3 is 10.1 Å². The first-order valence-electron chi connectivity index (χ1n) is 7.40. The average Bonchev–Trinajstić information content (AvgIpc) is 3.01. The number of aryl methyl sites for hydroxylation is 1. The minimum Gasteiger partial charge on any atom is -0.379 e. The van der Waals surface area contributed by atoms with Crippen LogP contribution in [-0.4, -0.2) is 64.7 Å². The van der Waals surface area contributed by atoms with Gasteiger partial charge in [-0.15, -0.1) is 5.10 Å². The van der Waals surface area contributed by atoms with Crippen LogP contribution in [0.4, 0.5) is 0 Å². The summed E-state index contributed by atoms with van der Waals surface area (Å²) in [6.45, 7) is 6.37. The van der Waals surface area contributed by atoms with Crippen molar-refractivity contribution in [1.82, 2.24) is 25.2 Å². The predicted molar refractivity (Wildman–Crippen MR) is 78.9 cm³/mol. The van der Waals surface area contributed by atoms with Crippen molar-refractivity contribution in [2.75, 3.05) is 26.7 Å². The third-order valence-corrected chi connectivity index (χ3v) is 3.75. The predicted octanol–water partition coefficient (Wildman–Crippen LogP) is 0.144. The van der Waals surface area contributed by atoms with Gasteiger partial charge in [0.1, 0.15) is 0 Å². The van der Waals surface area contributed by atoms with Gasteiger partial charge in [0.2, 0.25) is 5.91 Å². The van der Waals surface area contributed by atoms with E-state index in [-0.39, 0.29) is 24.0 Å². The van der Waals surface area contributed by atoms with E-state index >= 15 is 0 Å². The van der Waals surface area contributed by atoms with Crippen molar-refractivity contribution < 1.29 is 9.53 Å². The zero-order valence-corrected chi connectivity index (χ0v) is 13.2. The zero-order chi connectivity index (χ0) is 15.4. The Hall–Kier alpha value is -1.47. The molecule has 0 spiro atoms. The summed E-state index contributed by atoms with van der Waals surface area (Å²) in [6.07, 6.45) is 2.56. The molecule has 21 heavy (non-hydrogen) atoms. The number of aromatic nitrogens is 3. The van der Waals surface area contributed by atoms with E-state index < -0.39 is 0 Å². The van der Waals surface area contributed by atoms with Crippen LogP contribution in [0.25, 0.3) is 0 Å². The van der Waals surface area contributed by atoms with E-state index in [9.17, 15) is 4.79 Å². The molecule has 118 valence electrons. The summed E-state index contributed by atoms with van der Waals surface area (Å²) < 4.78 is 7.28. The van der Waals surface area contributed by atoms with Crippen LogP contribution in [-0.2, 0) is 16.6 Å². The Morgan fingerprint density at radius 1 is 1.52 bits per heavy atom. The van der Waals surface area contributed by atoms with Crippen molar-refractivity contribution in [3.05, 3.63) is 11.9 Å². The van der Waals surface area contributed by atoms with Gasteiger partial charge in [-0.25, -0.2) is 0 Å². The fourth-order valence-corrected chi connectivity index (χ4v) is 2.75. The normalized spacial score (nSPS) is 22.9. The topological polar surface area (TPSA) is 72.3 Å². The van der Waals surface area contributed by atoms with Gasteiger partial charge >= 0.3 is 0 Å². The molecule has 0 saturated carbocycles. The molecule has 1 aromatic rings. The quantitative estimate of drug-likeness (QED) is 0.808. The molecule has 2 heterocycles. The second-order valence-electron chi connectivity index (χ2n) is 5.93. The highest BCUT2D eigenvalue weighted by molar-refractivity contribution is 5.76. The minimum atomic E-state index is 0.0990. The van der Waals surface area contributed by atoms with Crippen LogP contribution in [0.1, 0.15) is 31.9 Å². The molecule has 0 aliphatic carbocycles. The van der Waals surface area contributed by atoms with Gasteiger partial charge in [0, 0.05) is 58.4 Å². The highest BCUT2D eigenvalue weighted by Gasteiger charge is 2.35. The van der Waals surface area contributed by atoms with Crippen molar-refractivity contribution in [1.29, 1.82) is 0 Å². The van der Waals surface area contributed by atoms with Crippen molar-refractivity contribution in [3.8, 4) is 0 Å². The lowest BCUT2D eigenvalue weighted by atomic mass is 10.0. The van der Waals surface area contributed by atoms with Crippen LogP contribution in [0, 0.1) is 0 Å². The highest BCUT2D eigenvalue weighted by Crippen LogP contribution is 2.27. The largest absolute Gasteiger partial charge is 0.379 e. The summed E-state index contributed by atoms with van der Waals surface area (Å²) in [4.78, 5) is 14.0. The molecule has 0 unspecified atom stereocenters. The van der Waals surface area contributed by atoms with Crippen LogP contribution in [0.2, 0.25) is 0 Å². The van der Waals surface area contributed by atoms with Gasteiger partial charge in [0.25, 0.3) is 0 Å². The van der Waals surface area contributed by atoms with Crippen molar-refractivity contribution in [2.24, 2.45) is 7.05 Å². The smallest absolute Gasteiger partial charge is 0.221 e. The van der Waals surface area contributed by atoms with Crippen LogP contribution < -0.4 is 5.32 Å². The first-order valence-corrected chi connectivity index (χ1v) is 7.40. The summed E-state index contributed by atoms with van der Waals surface area (Å²) in [7, 11) is 3.59. The molecule has 1 amide bonds. The molecular formula is C14H25N5O2. The van der Waals surface area contributed by atoms with E-state index in [1.54, 1.807) is 11.8 Å². The number of carbonyl (C=O) groups excluding carboxylic acids is 1. The second-order valence-corrected chi connectivity index (χ2v) is 5.93. The van der Waals surface area contributed by atoms with Crippen molar-refractivity contribution >= 4 is 5.91 Å². The molecule has 7 nitrogen and oxygen atoms in total. The number of hydrogen-bond acceptors (Lipinski definition) is 5. The van der Waals surface area contributed by atoms with Gasteiger partial charge in [-0.2, -0.15) is 0 Å². The number of rotatable bonds is 6. The Bertz CT molecular complexity index is 474. The monoisotopic (exact) mass is 295 g/mol. The average molecular weight is 295 g/mol. The Balaban J connectivity index is 1.88. The lowest BCUT2D eigenvalue weighted by Gasteiger charge is -2.15. The van der Waals surface area contributed by atoms with Crippen LogP contribution in [0.3, 0.4) is 0 Å². The molecule has 1 aliphatic heterocycles. The van der Waals surface area contributed by atoms with Gasteiger partial charge in [-0.3, -0.25) is 14.4 Å². The number of amides is 1. The summed E-state index contributed by atoms with van der Waals surface area (Å²) in [5, 5.41) is 11.1. The molecular weight excluding hydrogens is 270 g/mol. The number of carbonyl (C=O) groups is 1. The number of nitrogens with one attached hydrogen (secondary N) is 1. The summed E-state index contributed by atoms with van der Waals surface area (Å²) >= 11 is 0. The zero-order valence-electron chi connectivity index (χ0n) is 13.2. The van der Waals surface area contributed by atoms with E-state index in [1.807, 2.05) is 27.1 Å². The molecule has 1 N–H and O–H groups in total. The van der Waals surface area contributed by atoms with E-state index in [0.717, 1.165) is 25.3 Å². The Kier molecular flexibility index (Phi) is 5.30. The van der Waals surface area contributed by atoms with E-state index in [4.69, 9.17) is 4.74 Å². The maximum absolute atomic E-state index is 11.7. The molecule has 1 saturated heterocycles. The third kappa shape index (κ3) is 4.25. The lowest BCUT2D eigenvalue weighted by molar-refractivity contribution is -0.121. The number of nitrogens with zero attached hydrogens (tertiary/aromatic N) is 4. The molecule has 0 aromatic carbocycles. The van der Waals surface area contributed by atoms with E-state index in [0.29, 0.717) is 6.42 Å². The minimum absolute atomic E-state index is 0.0990. The number of methoxy groups -OCH3 is 1. The maximum Gasteiger partial charge on any atom is 0.221 e. The maximum atomic E-state index is 11.7. The van der Waals surface area contributed by atoms with E-state index in [2.05, 4.69) is 20.5 Å². The molecule has 1 aliphatic rings. The third-order valence-electron chi connectivity index (χ3n) is 3.75. The molecule has 2 rings (SSSR count). The Morgan fingerprint density at radius 3 is 2.86 bits per heavy atom.